The van der Waals surface area contributed by atoms with Crippen LogP contribution in [0.2, 0.25) is 0 Å². The number of fused-ring (bicyclic) bond motifs is 4. The highest BCUT2D eigenvalue weighted by molar-refractivity contribution is 6.00. The van der Waals surface area contributed by atoms with Crippen molar-refractivity contribution >= 4 is 17.2 Å². The lowest BCUT2D eigenvalue weighted by atomic mass is 9.64. The number of aromatic nitrogens is 1. The first kappa shape index (κ1) is 14.5. The fourth-order valence-corrected chi connectivity index (χ4v) is 5.84. The Morgan fingerprint density at radius 1 is 1.33 bits per heavy atom. The number of aldehydes is 1. The van der Waals surface area contributed by atoms with Gasteiger partial charge in [0, 0.05) is 35.1 Å². The molecule has 0 radical (unpaired) electrons. The number of ether oxygens (including phenoxy) is 1. The van der Waals surface area contributed by atoms with Crippen LogP contribution in [0.15, 0.2) is 18.2 Å². The maximum Gasteiger partial charge on any atom is 0.152 e. The van der Waals surface area contributed by atoms with Crippen LogP contribution in [0, 0.1) is 11.8 Å². The number of carbonyl (C=O) groups is 1. The quantitative estimate of drug-likeness (QED) is 0.809. The van der Waals surface area contributed by atoms with E-state index >= 15 is 0 Å². The number of hydrogen-bond donors (Lipinski definition) is 0. The standard InChI is InChI=1S/C20H24N2O2/c1-3-13-6-12-7-16-19(13)21(9-12)11-22-18-5-4-14(24-2)8-15(18)17(10-23)20(16)22/h4-5,8,10,12-13,16,19H,3,6-7,9,11H2,1-2H3/t12?,13?,16?,19-/m1/s1. The number of carbonyl (C=O) groups excluding carboxylic acids is 1. The molecule has 1 saturated carbocycles. The topological polar surface area (TPSA) is 34.5 Å². The number of piperidine rings is 2. The van der Waals surface area contributed by atoms with Gasteiger partial charge in [-0.1, -0.05) is 13.3 Å². The Bertz CT molecular complexity index is 825. The largest absolute Gasteiger partial charge is 0.497 e. The fourth-order valence-electron chi connectivity index (χ4n) is 5.84. The summed E-state index contributed by atoms with van der Waals surface area (Å²) >= 11 is 0. The summed E-state index contributed by atoms with van der Waals surface area (Å²) in [6, 6.07) is 6.77. The van der Waals surface area contributed by atoms with Crippen LogP contribution < -0.4 is 4.74 Å². The molecule has 3 aliphatic heterocycles. The Morgan fingerprint density at radius 3 is 2.96 bits per heavy atom. The Morgan fingerprint density at radius 2 is 2.21 bits per heavy atom. The SMILES string of the molecule is CCC1CC2CC3c4c(C=O)c5cc(OC)ccc5n4CN(C2)[C@H]13. The molecule has 0 amide bonds. The molecule has 0 spiro atoms. The average molecular weight is 324 g/mol. The first-order valence-electron chi connectivity index (χ1n) is 9.14. The lowest BCUT2D eigenvalue weighted by Crippen LogP contribution is -2.59. The van der Waals surface area contributed by atoms with Crippen molar-refractivity contribution in [3.8, 4) is 5.75 Å². The molecule has 1 aromatic heterocycles. The summed E-state index contributed by atoms with van der Waals surface area (Å²) in [4.78, 5) is 14.7. The van der Waals surface area contributed by atoms with E-state index in [1.165, 1.54) is 37.0 Å². The van der Waals surface area contributed by atoms with Crippen LogP contribution in [-0.4, -0.2) is 35.4 Å². The number of benzene rings is 1. The molecule has 1 aromatic carbocycles. The molecule has 4 heterocycles. The van der Waals surface area contributed by atoms with Gasteiger partial charge in [0.15, 0.2) is 6.29 Å². The Balaban J connectivity index is 1.74. The first-order chi connectivity index (χ1) is 11.7. The predicted octanol–water partition coefficient (Wildman–Crippen LogP) is 3.64. The molecule has 5 atom stereocenters. The van der Waals surface area contributed by atoms with Gasteiger partial charge in [-0.2, -0.15) is 0 Å². The van der Waals surface area contributed by atoms with Gasteiger partial charge in [-0.15, -0.1) is 0 Å². The maximum atomic E-state index is 12.0. The van der Waals surface area contributed by atoms with Crippen molar-refractivity contribution in [3.63, 3.8) is 0 Å². The second-order valence-electron chi connectivity index (χ2n) is 7.74. The summed E-state index contributed by atoms with van der Waals surface area (Å²) < 4.78 is 7.79. The highest BCUT2D eigenvalue weighted by Gasteiger charge is 2.50. The van der Waals surface area contributed by atoms with Crippen LogP contribution >= 0.6 is 0 Å². The monoisotopic (exact) mass is 324 g/mol. The minimum Gasteiger partial charge on any atom is -0.497 e. The molecule has 4 bridgehead atoms. The molecule has 0 N–H and O–H groups in total. The van der Waals surface area contributed by atoms with Crippen molar-refractivity contribution in [3.05, 3.63) is 29.5 Å². The van der Waals surface area contributed by atoms with Gasteiger partial charge in [0.2, 0.25) is 0 Å². The molecule has 2 aromatic rings. The molecule has 3 fully saturated rings. The van der Waals surface area contributed by atoms with Gasteiger partial charge in [0.05, 0.1) is 19.3 Å². The van der Waals surface area contributed by atoms with Gasteiger partial charge in [-0.25, -0.2) is 0 Å². The fraction of sp³-hybridized carbons (Fsp3) is 0.550. The summed E-state index contributed by atoms with van der Waals surface area (Å²) in [7, 11) is 1.68. The van der Waals surface area contributed by atoms with Crippen LogP contribution in [0.3, 0.4) is 0 Å². The molecular formula is C20H24N2O2. The zero-order valence-corrected chi connectivity index (χ0v) is 14.4. The zero-order valence-electron chi connectivity index (χ0n) is 14.4. The normalized spacial score (nSPS) is 33.5. The van der Waals surface area contributed by atoms with E-state index in [2.05, 4.69) is 22.5 Å². The summed E-state index contributed by atoms with van der Waals surface area (Å²) in [6.45, 7) is 4.48. The van der Waals surface area contributed by atoms with Crippen LogP contribution in [0.1, 0.15) is 48.2 Å². The molecule has 2 saturated heterocycles. The highest BCUT2D eigenvalue weighted by atomic mass is 16.5. The van der Waals surface area contributed by atoms with Gasteiger partial charge >= 0.3 is 0 Å². The van der Waals surface area contributed by atoms with Gasteiger partial charge in [-0.3, -0.25) is 9.69 Å². The predicted molar refractivity (Wildman–Crippen MR) is 93.6 cm³/mol. The van der Waals surface area contributed by atoms with Crippen molar-refractivity contribution in [2.24, 2.45) is 11.8 Å². The Labute approximate surface area is 142 Å². The van der Waals surface area contributed by atoms with Crippen LogP contribution in [0.25, 0.3) is 10.9 Å². The van der Waals surface area contributed by atoms with Gasteiger partial charge < -0.3 is 9.30 Å². The van der Waals surface area contributed by atoms with Gasteiger partial charge in [0.1, 0.15) is 5.75 Å². The second kappa shape index (κ2) is 5.09. The maximum absolute atomic E-state index is 12.0. The van der Waals surface area contributed by atoms with Crippen molar-refractivity contribution in [2.45, 2.75) is 44.8 Å². The van der Waals surface area contributed by atoms with Gasteiger partial charge in [-0.05, 0) is 42.9 Å². The lowest BCUT2D eigenvalue weighted by Gasteiger charge is -2.57. The second-order valence-corrected chi connectivity index (χ2v) is 7.74. The van der Waals surface area contributed by atoms with E-state index in [1.54, 1.807) is 7.11 Å². The third-order valence-electron chi connectivity index (χ3n) is 6.70. The number of nitrogens with zero attached hydrogens (tertiary/aromatic N) is 2. The summed E-state index contributed by atoms with van der Waals surface area (Å²) in [5.74, 6) is 2.91. The van der Waals surface area contributed by atoms with E-state index in [4.69, 9.17) is 4.74 Å². The molecule has 4 nitrogen and oxygen atoms in total. The summed E-state index contributed by atoms with van der Waals surface area (Å²) in [6.07, 6.45) is 4.94. The Hall–Kier alpha value is -1.81. The number of rotatable bonds is 3. The third kappa shape index (κ3) is 1.75. The lowest BCUT2D eigenvalue weighted by molar-refractivity contribution is -0.0542. The van der Waals surface area contributed by atoms with Crippen molar-refractivity contribution in [1.82, 2.24) is 9.47 Å². The van der Waals surface area contributed by atoms with E-state index in [1.807, 2.05) is 12.1 Å². The molecule has 24 heavy (non-hydrogen) atoms. The van der Waals surface area contributed by atoms with E-state index in [0.717, 1.165) is 41.5 Å². The van der Waals surface area contributed by atoms with Crippen molar-refractivity contribution in [2.75, 3.05) is 13.7 Å². The Kier molecular flexibility index (Phi) is 3.08. The van der Waals surface area contributed by atoms with E-state index < -0.39 is 0 Å². The zero-order chi connectivity index (χ0) is 16.4. The minimum absolute atomic E-state index is 0.509. The molecule has 1 aliphatic carbocycles. The van der Waals surface area contributed by atoms with Crippen LogP contribution in [0.5, 0.6) is 5.75 Å². The molecule has 126 valence electrons. The minimum atomic E-state index is 0.509. The van der Waals surface area contributed by atoms with Crippen molar-refractivity contribution < 1.29 is 9.53 Å². The molecule has 4 heteroatoms. The number of methoxy groups -OCH3 is 1. The smallest absolute Gasteiger partial charge is 0.152 e. The number of hydrogen-bond acceptors (Lipinski definition) is 3. The van der Waals surface area contributed by atoms with Crippen LogP contribution in [-0.2, 0) is 6.67 Å². The summed E-state index contributed by atoms with van der Waals surface area (Å²) in [5, 5.41) is 1.05. The molecule has 6 rings (SSSR count). The third-order valence-corrected chi connectivity index (χ3v) is 6.70. The van der Waals surface area contributed by atoms with E-state index in [9.17, 15) is 4.79 Å². The summed E-state index contributed by atoms with van der Waals surface area (Å²) in [5.41, 5.74) is 3.36. The highest BCUT2D eigenvalue weighted by Crippen LogP contribution is 2.52. The average Bonchev–Trinajstić information content (AvgIpc) is 2.94. The van der Waals surface area contributed by atoms with Crippen molar-refractivity contribution in [1.29, 1.82) is 0 Å². The van der Waals surface area contributed by atoms with Gasteiger partial charge in [0.25, 0.3) is 0 Å². The molecule has 4 unspecified atom stereocenters. The van der Waals surface area contributed by atoms with E-state index in [0.29, 0.717) is 12.0 Å². The first-order valence-corrected chi connectivity index (χ1v) is 9.14. The van der Waals surface area contributed by atoms with Crippen LogP contribution in [0.4, 0.5) is 0 Å². The molecular weight excluding hydrogens is 300 g/mol. The van der Waals surface area contributed by atoms with E-state index in [-0.39, 0.29) is 0 Å². The molecule has 4 aliphatic rings.